The number of amides is 1. The Bertz CT molecular complexity index is 1440. The number of nitrogens with zero attached hydrogens (tertiary/aromatic N) is 2. The summed E-state index contributed by atoms with van der Waals surface area (Å²) in [5.74, 6) is 0.197. The van der Waals surface area contributed by atoms with E-state index in [2.05, 4.69) is 20.9 Å². The monoisotopic (exact) mass is 485 g/mol. The molecule has 0 bridgehead atoms. The molecule has 0 aliphatic carbocycles. The number of rotatable bonds is 5. The molecule has 1 aliphatic rings. The van der Waals surface area contributed by atoms with Gasteiger partial charge in [0.15, 0.2) is 5.58 Å². The lowest BCUT2D eigenvalue weighted by Gasteiger charge is -2.27. The average Bonchev–Trinajstić information content (AvgIpc) is 3.25. The van der Waals surface area contributed by atoms with Gasteiger partial charge < -0.3 is 15.1 Å². The summed E-state index contributed by atoms with van der Waals surface area (Å²) in [6.07, 6.45) is 0. The number of carbonyl (C=O) groups is 1. The van der Waals surface area contributed by atoms with Gasteiger partial charge >= 0.3 is 6.01 Å². The number of anilines is 1. The van der Waals surface area contributed by atoms with Gasteiger partial charge in [-0.05, 0) is 43.2 Å². The zero-order chi connectivity index (χ0) is 24.4. The van der Waals surface area contributed by atoms with E-state index in [1.807, 2.05) is 80.6 Å². The predicted molar refractivity (Wildman–Crippen MR) is 138 cm³/mol. The fourth-order valence-corrected chi connectivity index (χ4v) is 4.30. The number of hydrogen-bond acceptors (Lipinski definition) is 6. The Kier molecular flexibility index (Phi) is 6.25. The number of allylic oxidation sites excluding steroid dienone is 1. The minimum Gasteiger partial charge on any atom is -0.423 e. The molecule has 1 atom stereocenters. The Morgan fingerprint density at radius 2 is 1.77 bits per heavy atom. The Balaban J connectivity index is 1.45. The normalized spacial score (nSPS) is 15.5. The minimum atomic E-state index is -0.617. The van der Waals surface area contributed by atoms with Crippen molar-refractivity contribution in [1.82, 2.24) is 15.6 Å². The van der Waals surface area contributed by atoms with Gasteiger partial charge in [0.05, 0.1) is 5.57 Å². The number of para-hydroxylation sites is 2. The number of oxazole rings is 1. The number of fused-ring (bicyclic) bond motifs is 1. The summed E-state index contributed by atoms with van der Waals surface area (Å²) in [5, 5.41) is 9.85. The van der Waals surface area contributed by atoms with Crippen molar-refractivity contribution in [3.8, 4) is 0 Å². The zero-order valence-electron chi connectivity index (χ0n) is 19.3. The van der Waals surface area contributed by atoms with E-state index in [0.29, 0.717) is 40.4 Å². The molecule has 176 valence electrons. The van der Waals surface area contributed by atoms with Crippen molar-refractivity contribution in [1.29, 1.82) is 0 Å². The van der Waals surface area contributed by atoms with Gasteiger partial charge in [-0.3, -0.25) is 10.1 Å². The van der Waals surface area contributed by atoms with Crippen molar-refractivity contribution < 1.29 is 9.21 Å². The summed E-state index contributed by atoms with van der Waals surface area (Å²) in [6.45, 7) is 4.28. The largest absolute Gasteiger partial charge is 0.423 e. The van der Waals surface area contributed by atoms with Crippen LogP contribution < -0.4 is 16.0 Å². The summed E-state index contributed by atoms with van der Waals surface area (Å²) in [5.41, 5.74) is 5.45. The van der Waals surface area contributed by atoms with Crippen LogP contribution in [0.15, 0.2) is 93.5 Å². The maximum atomic E-state index is 13.4. The van der Waals surface area contributed by atoms with Crippen molar-refractivity contribution in [2.45, 2.75) is 26.4 Å². The number of halogens is 1. The van der Waals surface area contributed by atoms with Crippen LogP contribution in [0.4, 0.5) is 6.01 Å². The summed E-state index contributed by atoms with van der Waals surface area (Å²) >= 11 is 6.54. The second kappa shape index (κ2) is 9.64. The molecule has 1 unspecified atom stereocenters. The molecule has 4 aromatic rings. The summed E-state index contributed by atoms with van der Waals surface area (Å²) < 4.78 is 5.78. The smallest absolute Gasteiger partial charge is 0.302 e. The number of carbonyl (C=O) groups excluding carboxylic acids is 1. The van der Waals surface area contributed by atoms with Crippen LogP contribution in [-0.4, -0.2) is 16.9 Å². The fourth-order valence-electron chi connectivity index (χ4n) is 4.06. The van der Waals surface area contributed by atoms with Gasteiger partial charge in [-0.25, -0.2) is 4.99 Å². The highest BCUT2D eigenvalue weighted by Crippen LogP contribution is 2.35. The van der Waals surface area contributed by atoms with E-state index in [9.17, 15) is 4.79 Å². The van der Waals surface area contributed by atoms with Gasteiger partial charge in [0.1, 0.15) is 11.6 Å². The lowest BCUT2D eigenvalue weighted by molar-refractivity contribution is -0.118. The number of nitrogens with one attached hydrogen (secondary N) is 3. The van der Waals surface area contributed by atoms with Crippen LogP contribution in [0.25, 0.3) is 11.1 Å². The zero-order valence-corrected chi connectivity index (χ0v) is 20.1. The molecule has 0 radical (unpaired) electrons. The minimum absolute atomic E-state index is 0.215. The van der Waals surface area contributed by atoms with Crippen molar-refractivity contribution in [2.24, 2.45) is 4.99 Å². The van der Waals surface area contributed by atoms with Crippen LogP contribution in [0, 0.1) is 6.92 Å². The van der Waals surface area contributed by atoms with Gasteiger partial charge in [-0.2, -0.15) is 4.98 Å². The van der Waals surface area contributed by atoms with E-state index in [0.717, 1.165) is 22.2 Å². The molecule has 35 heavy (non-hydrogen) atoms. The number of hydrogen-bond donors (Lipinski definition) is 3. The second-order valence-electron chi connectivity index (χ2n) is 8.29. The van der Waals surface area contributed by atoms with Crippen molar-refractivity contribution in [3.63, 3.8) is 0 Å². The third kappa shape index (κ3) is 4.76. The Morgan fingerprint density at radius 1 is 1.03 bits per heavy atom. The average molecular weight is 486 g/mol. The molecule has 0 saturated carbocycles. The lowest BCUT2D eigenvalue weighted by atomic mass is 9.95. The van der Waals surface area contributed by atoms with Gasteiger partial charge in [0, 0.05) is 22.8 Å². The molecule has 3 aromatic carbocycles. The molecular formula is C27H24ClN5O2. The van der Waals surface area contributed by atoms with E-state index in [4.69, 9.17) is 21.0 Å². The van der Waals surface area contributed by atoms with E-state index in [1.54, 1.807) is 6.07 Å². The third-order valence-corrected chi connectivity index (χ3v) is 6.25. The van der Waals surface area contributed by atoms with Crippen molar-refractivity contribution in [3.05, 3.63) is 106 Å². The maximum absolute atomic E-state index is 13.4. The first-order valence-corrected chi connectivity index (χ1v) is 11.6. The highest BCUT2D eigenvalue weighted by Gasteiger charge is 2.31. The topological polar surface area (TPSA) is 91.5 Å². The standard InChI is InChI=1S/C27H24ClN5O2/c1-16-9-3-4-10-18(16)15-29-25(34)23-17(2)30-26(32-24(23)19-11-5-6-12-20(19)28)33-27-31-21-13-7-8-14-22(21)35-27/h3-14,24H,15H2,1-2H3,(H,29,34)(H2,30,31,32,33). The summed E-state index contributed by atoms with van der Waals surface area (Å²) in [4.78, 5) is 22.6. The number of guanidine groups is 1. The van der Waals surface area contributed by atoms with Crippen molar-refractivity contribution >= 4 is 40.6 Å². The molecule has 2 heterocycles. The van der Waals surface area contributed by atoms with E-state index in [1.165, 1.54) is 0 Å². The highest BCUT2D eigenvalue weighted by molar-refractivity contribution is 6.31. The highest BCUT2D eigenvalue weighted by atomic mass is 35.5. The molecule has 1 amide bonds. The molecule has 0 fully saturated rings. The molecule has 1 aliphatic heterocycles. The number of benzene rings is 3. The van der Waals surface area contributed by atoms with Gasteiger partial charge in [-0.15, -0.1) is 0 Å². The van der Waals surface area contributed by atoms with E-state index >= 15 is 0 Å². The molecular weight excluding hydrogens is 462 g/mol. The first-order valence-electron chi connectivity index (χ1n) is 11.2. The quantitative estimate of drug-likeness (QED) is 0.347. The number of aryl methyl sites for hydroxylation is 1. The van der Waals surface area contributed by atoms with E-state index < -0.39 is 6.04 Å². The molecule has 7 nitrogen and oxygen atoms in total. The fraction of sp³-hybridized carbons (Fsp3) is 0.148. The predicted octanol–water partition coefficient (Wildman–Crippen LogP) is 5.49. The van der Waals surface area contributed by atoms with Crippen LogP contribution in [0.3, 0.4) is 0 Å². The Labute approximate surface area is 207 Å². The van der Waals surface area contributed by atoms with Crippen LogP contribution >= 0.6 is 11.6 Å². The second-order valence-corrected chi connectivity index (χ2v) is 8.69. The van der Waals surface area contributed by atoms with Gasteiger partial charge in [0.25, 0.3) is 5.91 Å². The number of aromatic nitrogens is 1. The molecule has 8 heteroatoms. The molecule has 1 aromatic heterocycles. The van der Waals surface area contributed by atoms with Gasteiger partial charge in [-0.1, -0.05) is 66.2 Å². The maximum Gasteiger partial charge on any atom is 0.302 e. The van der Waals surface area contributed by atoms with Crippen LogP contribution in [0.1, 0.15) is 29.7 Å². The third-order valence-electron chi connectivity index (χ3n) is 5.91. The van der Waals surface area contributed by atoms with E-state index in [-0.39, 0.29) is 5.91 Å². The molecule has 0 saturated heterocycles. The summed E-state index contributed by atoms with van der Waals surface area (Å²) in [7, 11) is 0. The summed E-state index contributed by atoms with van der Waals surface area (Å²) in [6, 6.07) is 22.5. The van der Waals surface area contributed by atoms with Crippen LogP contribution in [-0.2, 0) is 11.3 Å². The Morgan fingerprint density at radius 3 is 2.57 bits per heavy atom. The van der Waals surface area contributed by atoms with Gasteiger partial charge in [0.2, 0.25) is 5.96 Å². The lowest BCUT2D eigenvalue weighted by Crippen LogP contribution is -2.39. The van der Waals surface area contributed by atoms with Crippen molar-refractivity contribution in [2.75, 3.05) is 5.32 Å². The molecule has 5 rings (SSSR count). The van der Waals surface area contributed by atoms with Crippen LogP contribution in [0.5, 0.6) is 0 Å². The first-order chi connectivity index (χ1) is 17.0. The molecule has 3 N–H and O–H groups in total. The van der Waals surface area contributed by atoms with Crippen LogP contribution in [0.2, 0.25) is 5.02 Å². The number of aliphatic imine (C=N–C) groups is 1. The Hall–Kier alpha value is -4.10. The first kappa shape index (κ1) is 22.7. The SMILES string of the molecule is CC1=C(C(=O)NCc2ccccc2C)C(c2ccccc2Cl)N=C(Nc2nc3ccccc3o2)N1. The molecule has 0 spiro atoms.